The third-order valence-electron chi connectivity index (χ3n) is 8.35. The summed E-state index contributed by atoms with van der Waals surface area (Å²) in [5, 5.41) is 7.48. The number of fused-ring (bicyclic) bond motifs is 5. The Labute approximate surface area is 336 Å². The van der Waals surface area contributed by atoms with Gasteiger partial charge in [0.15, 0.2) is 5.69 Å². The van der Waals surface area contributed by atoms with Crippen LogP contribution in [0.3, 0.4) is 0 Å². The maximum atomic E-state index is 15.4. The molecule has 12 nitrogen and oxygen atoms in total. The van der Waals surface area contributed by atoms with Crippen LogP contribution in [-0.2, 0) is 43.9 Å². The number of allylic oxidation sites excluding steroid dienone is 1. The molecule has 5 rings (SSSR count). The predicted octanol–water partition coefficient (Wildman–Crippen LogP) is 10.5. The van der Waals surface area contributed by atoms with Gasteiger partial charge in [0.1, 0.15) is 22.9 Å². The van der Waals surface area contributed by atoms with E-state index in [1.54, 1.807) is 60.7 Å². The molecule has 0 unspecified atom stereocenters. The van der Waals surface area contributed by atoms with Gasteiger partial charge < -0.3 is 28.1 Å². The zero-order valence-electron chi connectivity index (χ0n) is 33.1. The minimum absolute atomic E-state index is 0.0481. The fourth-order valence-corrected chi connectivity index (χ4v) is 5.68. The first kappa shape index (κ1) is 44.6. The molecule has 2 atom stereocenters. The van der Waals surface area contributed by atoms with E-state index in [1.807, 2.05) is 0 Å². The maximum absolute atomic E-state index is 15.4. The first-order valence-electron chi connectivity index (χ1n) is 18.5. The molecule has 0 saturated heterocycles. The van der Waals surface area contributed by atoms with E-state index < -0.39 is 95.1 Å². The van der Waals surface area contributed by atoms with Gasteiger partial charge in [-0.3, -0.25) is 0 Å². The van der Waals surface area contributed by atoms with Crippen LogP contribution < -0.4 is 9.64 Å². The van der Waals surface area contributed by atoms with Crippen molar-refractivity contribution in [3.63, 3.8) is 0 Å². The number of anilines is 1. The van der Waals surface area contributed by atoms with Gasteiger partial charge in [0.2, 0.25) is 11.5 Å². The molecule has 18 heteroatoms. The lowest BCUT2D eigenvalue weighted by molar-refractivity contribution is -0.299. The summed E-state index contributed by atoms with van der Waals surface area (Å²) in [4.78, 5) is 31.8. The van der Waals surface area contributed by atoms with Gasteiger partial charge in [0, 0.05) is 6.42 Å². The number of ether oxygens (including phenoxy) is 5. The van der Waals surface area contributed by atoms with Gasteiger partial charge in [-0.25, -0.2) is 14.6 Å². The van der Waals surface area contributed by atoms with E-state index in [0.29, 0.717) is 11.6 Å². The van der Waals surface area contributed by atoms with E-state index in [-0.39, 0.29) is 31.0 Å². The molecule has 3 heterocycles. The predicted molar refractivity (Wildman–Crippen MR) is 200 cm³/mol. The number of hydrogen-bond acceptors (Lipinski definition) is 11. The van der Waals surface area contributed by atoms with Gasteiger partial charge in [-0.15, -0.1) is 10.2 Å². The lowest BCUT2D eigenvalue weighted by Gasteiger charge is -2.32. The van der Waals surface area contributed by atoms with Crippen molar-refractivity contribution in [2.45, 2.75) is 109 Å². The normalized spacial score (nSPS) is 18.3. The summed E-state index contributed by atoms with van der Waals surface area (Å²) in [5.74, 6) is -3.14. The van der Waals surface area contributed by atoms with E-state index in [1.165, 1.54) is 53.7 Å². The second-order valence-corrected chi connectivity index (χ2v) is 15.5. The van der Waals surface area contributed by atoms with Crippen LogP contribution in [0.4, 0.5) is 41.6 Å². The number of nitrogens with zero attached hydrogens (tertiary/aromatic N) is 4. The van der Waals surface area contributed by atoms with Crippen LogP contribution in [0, 0.1) is 0 Å². The average molecular weight is 835 g/mol. The highest BCUT2D eigenvalue weighted by atomic mass is 19.4. The Morgan fingerprint density at radius 1 is 0.814 bits per heavy atom. The maximum Gasteiger partial charge on any atom is 0.426 e. The molecule has 4 bridgehead atoms. The monoisotopic (exact) mass is 834 g/mol. The summed E-state index contributed by atoms with van der Waals surface area (Å²) in [5.41, 5.74) is -8.16. The number of aromatic nitrogens is 3. The van der Waals surface area contributed by atoms with Gasteiger partial charge in [0.05, 0.1) is 25.5 Å². The summed E-state index contributed by atoms with van der Waals surface area (Å²) in [6, 6.07) is 17.2. The molecule has 2 aromatic carbocycles. The summed E-state index contributed by atoms with van der Waals surface area (Å²) in [6.07, 6.45) is -13.0. The molecule has 0 radical (unpaired) electrons. The highest BCUT2D eigenvalue weighted by Crippen LogP contribution is 2.48. The molecule has 0 aliphatic carbocycles. The van der Waals surface area contributed by atoms with Crippen molar-refractivity contribution in [1.29, 1.82) is 0 Å². The number of benzene rings is 2. The quantitative estimate of drug-likeness (QED) is 0.124. The Hall–Kier alpha value is -5.49. The Morgan fingerprint density at radius 2 is 1.39 bits per heavy atom. The topological polar surface area (TPSA) is 135 Å². The minimum Gasteiger partial charge on any atom is -0.471 e. The van der Waals surface area contributed by atoms with Crippen molar-refractivity contribution in [3.05, 3.63) is 101 Å². The molecule has 1 aliphatic rings. The minimum atomic E-state index is -5.25. The third kappa shape index (κ3) is 11.6. The number of imide groups is 1. The molecule has 2 aromatic heterocycles. The molecule has 59 heavy (non-hydrogen) atoms. The number of alkyl halides is 6. The molecular formula is C41H44F6N4O8. The van der Waals surface area contributed by atoms with E-state index >= 15 is 26.3 Å². The fraction of sp³-hybridized carbons (Fsp3) is 0.439. The lowest BCUT2D eigenvalue weighted by atomic mass is 9.95. The van der Waals surface area contributed by atoms with E-state index in [9.17, 15) is 9.59 Å². The molecule has 0 saturated carbocycles. The number of rotatable bonds is 8. The van der Waals surface area contributed by atoms with Gasteiger partial charge in [0.25, 0.3) is 11.8 Å². The zero-order chi connectivity index (χ0) is 43.2. The van der Waals surface area contributed by atoms with Crippen LogP contribution in [0.2, 0.25) is 0 Å². The Kier molecular flexibility index (Phi) is 13.4. The highest BCUT2D eigenvalue weighted by molar-refractivity contribution is 6.11. The molecule has 0 N–H and O–H groups in total. The van der Waals surface area contributed by atoms with Crippen LogP contribution in [0.5, 0.6) is 5.88 Å². The molecule has 2 amide bonds. The van der Waals surface area contributed by atoms with Gasteiger partial charge in [-0.1, -0.05) is 72.8 Å². The van der Waals surface area contributed by atoms with Crippen molar-refractivity contribution < 1.29 is 64.0 Å². The Balaban J connectivity index is 1.75. The number of carbonyl (C=O) groups excluding carboxylic acids is 2. The van der Waals surface area contributed by atoms with Crippen molar-refractivity contribution in [3.8, 4) is 17.5 Å². The average Bonchev–Trinajstić information content (AvgIpc) is 3.61. The Bertz CT molecular complexity index is 2050. The second-order valence-electron chi connectivity index (χ2n) is 15.5. The summed E-state index contributed by atoms with van der Waals surface area (Å²) < 4.78 is 125. The van der Waals surface area contributed by atoms with E-state index in [4.69, 9.17) is 28.1 Å². The van der Waals surface area contributed by atoms with Crippen LogP contribution >= 0.6 is 0 Å². The van der Waals surface area contributed by atoms with Crippen LogP contribution in [-0.4, -0.2) is 57.5 Å². The Morgan fingerprint density at radius 3 is 1.93 bits per heavy atom. The smallest absolute Gasteiger partial charge is 0.426 e. The number of halogens is 6. The van der Waals surface area contributed by atoms with Crippen molar-refractivity contribution >= 4 is 17.9 Å². The standard InChI is InChI=1S/C41H44F6N4O8/c1-37(2,3)58-35(52)51(36(53)59-38(4,5)6)30-22-29(40(42,43)44)32-48-31(30)33-49-50-34(57-33)39(41(45,46)47,55-24-27-18-12-8-13-19-27)21-15-9-14-20-28(56-32)25-54-23-26-16-10-7-11-17-26/h7-14,16-19,22,28H,15,20-21,23-25H2,1-6H3/b14-9-/t28-,39-/m1/s1. The molecular weight excluding hydrogens is 790 g/mol. The number of carbonyl (C=O) groups is 2. The zero-order valence-corrected chi connectivity index (χ0v) is 33.1. The molecule has 0 spiro atoms. The lowest BCUT2D eigenvalue weighted by Crippen LogP contribution is -2.45. The number of hydrogen-bond donors (Lipinski definition) is 0. The highest BCUT2D eigenvalue weighted by Gasteiger charge is 2.61. The van der Waals surface area contributed by atoms with Gasteiger partial charge in [-0.05, 0) is 71.6 Å². The third-order valence-corrected chi connectivity index (χ3v) is 8.35. The van der Waals surface area contributed by atoms with Crippen molar-refractivity contribution in [1.82, 2.24) is 15.2 Å². The number of amides is 2. The van der Waals surface area contributed by atoms with Crippen molar-refractivity contribution in [2.24, 2.45) is 0 Å². The second kappa shape index (κ2) is 17.8. The number of pyridine rings is 1. The van der Waals surface area contributed by atoms with E-state index in [0.717, 1.165) is 5.56 Å². The first-order chi connectivity index (χ1) is 27.6. The summed E-state index contributed by atoms with van der Waals surface area (Å²) in [7, 11) is 0. The molecule has 318 valence electrons. The fourth-order valence-electron chi connectivity index (χ4n) is 5.68. The summed E-state index contributed by atoms with van der Waals surface area (Å²) in [6.45, 7) is 7.80. The molecule has 0 fully saturated rings. The van der Waals surface area contributed by atoms with E-state index in [2.05, 4.69) is 15.2 Å². The van der Waals surface area contributed by atoms with Crippen molar-refractivity contribution in [2.75, 3.05) is 11.5 Å². The first-order valence-corrected chi connectivity index (χ1v) is 18.5. The van der Waals surface area contributed by atoms with Crippen LogP contribution in [0.25, 0.3) is 11.6 Å². The van der Waals surface area contributed by atoms with Crippen LogP contribution in [0.15, 0.2) is 83.3 Å². The van der Waals surface area contributed by atoms with Gasteiger partial charge >= 0.3 is 24.5 Å². The SMILES string of the molecule is CC(C)(C)OC(=O)N(C(=O)OC(C)(C)C)c1cc(C(F)(F)F)c2nc1-c1nnc(o1)[C@@](OCc1ccccc1)(C(F)(F)F)CC/C=C\C[C@H](COCc1ccccc1)O2. The van der Waals surface area contributed by atoms with Gasteiger partial charge in [-0.2, -0.15) is 31.2 Å². The van der Waals surface area contributed by atoms with Crippen LogP contribution in [0.1, 0.15) is 83.4 Å². The molecule has 4 aromatic rings. The largest absolute Gasteiger partial charge is 0.471 e. The summed E-state index contributed by atoms with van der Waals surface area (Å²) >= 11 is 0. The molecule has 1 aliphatic heterocycles.